The van der Waals surface area contributed by atoms with E-state index >= 15 is 0 Å². The number of sulfonamides is 1. The Morgan fingerprint density at radius 3 is 2.21 bits per heavy atom. The lowest BCUT2D eigenvalue weighted by Crippen LogP contribution is -2.55. The van der Waals surface area contributed by atoms with Gasteiger partial charge in [-0.25, -0.2) is 8.42 Å². The summed E-state index contributed by atoms with van der Waals surface area (Å²) in [6, 6.07) is 13.4. The minimum atomic E-state index is -3.80. The quantitative estimate of drug-likeness (QED) is 0.552. The van der Waals surface area contributed by atoms with Crippen molar-refractivity contribution in [3.63, 3.8) is 0 Å². The highest BCUT2D eigenvalue weighted by atomic mass is 35.5. The Labute approximate surface area is 208 Å². The van der Waals surface area contributed by atoms with Gasteiger partial charge in [0.2, 0.25) is 21.8 Å². The van der Waals surface area contributed by atoms with E-state index in [2.05, 4.69) is 5.32 Å². The van der Waals surface area contributed by atoms with Crippen LogP contribution < -0.4 is 9.62 Å². The molecule has 0 heterocycles. The Morgan fingerprint density at radius 2 is 1.71 bits per heavy atom. The van der Waals surface area contributed by atoms with Gasteiger partial charge in [0, 0.05) is 17.1 Å². The predicted octanol–water partition coefficient (Wildman–Crippen LogP) is 4.14. The summed E-state index contributed by atoms with van der Waals surface area (Å²) in [4.78, 5) is 28.2. The van der Waals surface area contributed by atoms with Gasteiger partial charge >= 0.3 is 0 Å². The summed E-state index contributed by atoms with van der Waals surface area (Å²) in [5.41, 5.74) is 1.44. The third kappa shape index (κ3) is 7.74. The molecular formula is C25H34ClN3O4S. The van der Waals surface area contributed by atoms with Crippen molar-refractivity contribution in [2.45, 2.75) is 59.2 Å². The predicted molar refractivity (Wildman–Crippen MR) is 137 cm³/mol. The summed E-state index contributed by atoms with van der Waals surface area (Å²) in [5, 5.41) is 3.34. The minimum absolute atomic E-state index is 0.169. The van der Waals surface area contributed by atoms with Crippen molar-refractivity contribution in [1.29, 1.82) is 0 Å². The maximum atomic E-state index is 13.6. The number of carbonyl (C=O) groups is 2. The zero-order chi connectivity index (χ0) is 25.7. The number of amides is 2. The van der Waals surface area contributed by atoms with Gasteiger partial charge < -0.3 is 10.2 Å². The fraction of sp³-hybridized carbons (Fsp3) is 0.440. The van der Waals surface area contributed by atoms with Gasteiger partial charge in [-0.2, -0.15) is 0 Å². The van der Waals surface area contributed by atoms with Crippen LogP contribution in [-0.2, 0) is 26.2 Å². The molecule has 0 aliphatic rings. The van der Waals surface area contributed by atoms with E-state index in [-0.39, 0.29) is 12.5 Å². The van der Waals surface area contributed by atoms with E-state index in [1.165, 1.54) is 11.0 Å². The Balaban J connectivity index is 2.45. The fourth-order valence-corrected chi connectivity index (χ4v) is 4.52. The van der Waals surface area contributed by atoms with Crippen LogP contribution in [0.2, 0.25) is 5.02 Å². The lowest BCUT2D eigenvalue weighted by molar-refractivity contribution is -0.141. The van der Waals surface area contributed by atoms with Crippen LogP contribution in [0.25, 0.3) is 0 Å². The minimum Gasteiger partial charge on any atom is -0.350 e. The van der Waals surface area contributed by atoms with E-state index in [0.717, 1.165) is 21.7 Å². The molecule has 1 atom stereocenters. The van der Waals surface area contributed by atoms with Gasteiger partial charge in [0.15, 0.2) is 0 Å². The van der Waals surface area contributed by atoms with Crippen molar-refractivity contribution in [2.75, 3.05) is 17.1 Å². The third-order valence-corrected chi connectivity index (χ3v) is 6.75. The van der Waals surface area contributed by atoms with Gasteiger partial charge in [0.05, 0.1) is 11.9 Å². The van der Waals surface area contributed by atoms with Gasteiger partial charge in [-0.1, -0.05) is 54.9 Å². The van der Waals surface area contributed by atoms with E-state index in [1.807, 2.05) is 65.0 Å². The van der Waals surface area contributed by atoms with Crippen molar-refractivity contribution in [3.8, 4) is 0 Å². The molecule has 1 N–H and O–H groups in total. The van der Waals surface area contributed by atoms with Crippen LogP contribution >= 0.6 is 11.6 Å². The molecule has 2 amide bonds. The van der Waals surface area contributed by atoms with Crippen LogP contribution in [-0.4, -0.2) is 49.5 Å². The first-order valence-electron chi connectivity index (χ1n) is 11.1. The molecule has 34 heavy (non-hydrogen) atoms. The number of hydrogen-bond donors (Lipinski definition) is 1. The number of halogens is 1. The molecule has 0 unspecified atom stereocenters. The highest BCUT2D eigenvalue weighted by Gasteiger charge is 2.33. The average Bonchev–Trinajstić information content (AvgIpc) is 2.72. The van der Waals surface area contributed by atoms with Crippen LogP contribution in [0.15, 0.2) is 48.5 Å². The maximum Gasteiger partial charge on any atom is 0.244 e. The Kier molecular flexibility index (Phi) is 9.14. The smallest absolute Gasteiger partial charge is 0.244 e. The topological polar surface area (TPSA) is 86.8 Å². The van der Waals surface area contributed by atoms with Crippen LogP contribution in [0.5, 0.6) is 0 Å². The summed E-state index contributed by atoms with van der Waals surface area (Å²) in [7, 11) is -3.80. The number of carbonyl (C=O) groups excluding carboxylic acids is 2. The first-order chi connectivity index (χ1) is 15.7. The lowest BCUT2D eigenvalue weighted by atomic mass is 10.1. The molecule has 0 saturated heterocycles. The highest BCUT2D eigenvalue weighted by molar-refractivity contribution is 7.92. The van der Waals surface area contributed by atoms with Crippen molar-refractivity contribution in [1.82, 2.24) is 10.2 Å². The number of nitrogens with one attached hydrogen (secondary N) is 1. The molecule has 0 fully saturated rings. The summed E-state index contributed by atoms with van der Waals surface area (Å²) in [5.74, 6) is -0.773. The van der Waals surface area contributed by atoms with Gasteiger partial charge in [-0.05, 0) is 57.4 Å². The van der Waals surface area contributed by atoms with Crippen LogP contribution in [0.4, 0.5) is 5.69 Å². The summed E-state index contributed by atoms with van der Waals surface area (Å²) < 4.78 is 26.3. The number of anilines is 1. The number of benzene rings is 2. The molecule has 2 rings (SSSR count). The van der Waals surface area contributed by atoms with Gasteiger partial charge in [0.1, 0.15) is 12.6 Å². The second kappa shape index (κ2) is 11.2. The molecule has 0 aliphatic heterocycles. The second-order valence-corrected chi connectivity index (χ2v) is 11.7. The summed E-state index contributed by atoms with van der Waals surface area (Å²) in [6.45, 7) is 8.95. The Hall–Kier alpha value is -2.58. The van der Waals surface area contributed by atoms with Gasteiger partial charge in [-0.3, -0.25) is 13.9 Å². The lowest BCUT2D eigenvalue weighted by Gasteiger charge is -2.34. The zero-order valence-corrected chi connectivity index (χ0v) is 22.2. The van der Waals surface area contributed by atoms with Crippen LogP contribution in [0.1, 0.15) is 45.2 Å². The van der Waals surface area contributed by atoms with E-state index in [4.69, 9.17) is 11.6 Å². The average molecular weight is 508 g/mol. The Morgan fingerprint density at radius 1 is 1.09 bits per heavy atom. The van der Waals surface area contributed by atoms with Crippen LogP contribution in [0.3, 0.4) is 0 Å². The second-order valence-electron chi connectivity index (χ2n) is 9.37. The van der Waals surface area contributed by atoms with Crippen molar-refractivity contribution in [3.05, 3.63) is 64.7 Å². The number of hydrogen-bond acceptors (Lipinski definition) is 4. The van der Waals surface area contributed by atoms with Crippen molar-refractivity contribution >= 4 is 39.1 Å². The standard InChI is InChI=1S/C25H34ClN3O4S/c1-7-22(24(31)27-25(3,4)5)28(16-19-11-9-8-10-12-19)23(30)17-29(34(6,32)33)20-14-13-18(2)21(26)15-20/h8-15,22H,7,16-17H2,1-6H3,(H,27,31)/t22-/m1/s1. The van der Waals surface area contributed by atoms with Gasteiger partial charge in [-0.15, -0.1) is 0 Å². The molecule has 7 nitrogen and oxygen atoms in total. The first kappa shape index (κ1) is 27.7. The Bertz CT molecular complexity index is 1110. The molecule has 0 saturated carbocycles. The number of aryl methyl sites for hydroxylation is 1. The molecule has 0 aromatic heterocycles. The van der Waals surface area contributed by atoms with Gasteiger partial charge in [0.25, 0.3) is 0 Å². The van der Waals surface area contributed by atoms with E-state index in [9.17, 15) is 18.0 Å². The molecule has 0 bridgehead atoms. The summed E-state index contributed by atoms with van der Waals surface area (Å²) in [6.07, 6.45) is 1.41. The normalized spacial score (nSPS) is 12.7. The SMILES string of the molecule is CC[C@H](C(=O)NC(C)(C)C)N(Cc1ccccc1)C(=O)CN(c1ccc(C)c(Cl)c1)S(C)(=O)=O. The zero-order valence-electron chi connectivity index (χ0n) is 20.6. The third-order valence-electron chi connectivity index (χ3n) is 5.20. The van der Waals surface area contributed by atoms with Crippen molar-refractivity contribution in [2.24, 2.45) is 0 Å². The number of nitrogens with zero attached hydrogens (tertiary/aromatic N) is 2. The largest absolute Gasteiger partial charge is 0.350 e. The van der Waals surface area contributed by atoms with E-state index in [0.29, 0.717) is 17.1 Å². The van der Waals surface area contributed by atoms with Crippen LogP contribution in [0, 0.1) is 6.92 Å². The molecule has 2 aromatic rings. The highest BCUT2D eigenvalue weighted by Crippen LogP contribution is 2.25. The molecule has 0 aliphatic carbocycles. The molecule has 2 aromatic carbocycles. The molecule has 9 heteroatoms. The first-order valence-corrected chi connectivity index (χ1v) is 13.3. The molecule has 0 radical (unpaired) electrons. The number of rotatable bonds is 9. The van der Waals surface area contributed by atoms with E-state index in [1.54, 1.807) is 12.1 Å². The molecule has 186 valence electrons. The fourth-order valence-electron chi connectivity index (χ4n) is 3.50. The molecular weight excluding hydrogens is 474 g/mol. The maximum absolute atomic E-state index is 13.6. The summed E-state index contributed by atoms with van der Waals surface area (Å²) >= 11 is 6.22. The monoisotopic (exact) mass is 507 g/mol. The van der Waals surface area contributed by atoms with E-state index < -0.39 is 34.1 Å². The molecule has 0 spiro atoms. The van der Waals surface area contributed by atoms with Crippen molar-refractivity contribution < 1.29 is 18.0 Å².